The molecular weight excluding hydrogens is 294 g/mol. The normalized spacial score (nSPS) is 21.1. The van der Waals surface area contributed by atoms with Crippen LogP contribution in [0.15, 0.2) is 10.5 Å². The Labute approximate surface area is 116 Å². The van der Waals surface area contributed by atoms with Gasteiger partial charge in [-0.05, 0) is 31.4 Å². The summed E-state index contributed by atoms with van der Waals surface area (Å²) in [5.74, 6) is 1.69. The van der Waals surface area contributed by atoms with Crippen molar-refractivity contribution in [2.45, 2.75) is 44.6 Å². The van der Waals surface area contributed by atoms with Crippen LogP contribution in [0.25, 0.3) is 0 Å². The molecule has 0 amide bonds. The summed E-state index contributed by atoms with van der Waals surface area (Å²) in [6.45, 7) is 2.36. The quantitative estimate of drug-likeness (QED) is 0.861. The summed E-state index contributed by atoms with van der Waals surface area (Å²) in [6.07, 6.45) is 5.79. The number of fused-ring (bicyclic) bond motifs is 1. The lowest BCUT2D eigenvalue weighted by Gasteiger charge is -2.35. The van der Waals surface area contributed by atoms with Crippen LogP contribution in [0.2, 0.25) is 0 Å². The van der Waals surface area contributed by atoms with Crippen LogP contribution in [0.4, 0.5) is 0 Å². The van der Waals surface area contributed by atoms with Crippen molar-refractivity contribution in [3.63, 3.8) is 0 Å². The molecule has 0 radical (unpaired) electrons. The van der Waals surface area contributed by atoms with E-state index in [0.29, 0.717) is 6.79 Å². The number of halogens is 1. The van der Waals surface area contributed by atoms with Crippen LogP contribution in [0, 0.1) is 6.92 Å². The standard InChI is InChI=1S/C14H18BrNO2/c1-9-12(15)10(7-11-13(9)18-8-17-11)14(16)5-3-2-4-6-14/h7H,2-6,8,16H2,1H3. The highest BCUT2D eigenvalue weighted by molar-refractivity contribution is 9.10. The van der Waals surface area contributed by atoms with Crippen LogP contribution in [0.5, 0.6) is 11.5 Å². The summed E-state index contributed by atoms with van der Waals surface area (Å²) in [5.41, 5.74) is 8.66. The van der Waals surface area contributed by atoms with Gasteiger partial charge in [-0.3, -0.25) is 0 Å². The summed E-state index contributed by atoms with van der Waals surface area (Å²) in [6, 6.07) is 2.06. The molecule has 3 nitrogen and oxygen atoms in total. The van der Waals surface area contributed by atoms with Gasteiger partial charge in [-0.2, -0.15) is 0 Å². The molecule has 1 saturated carbocycles. The fraction of sp³-hybridized carbons (Fsp3) is 0.571. The average Bonchev–Trinajstić information content (AvgIpc) is 2.83. The molecular formula is C14H18BrNO2. The molecule has 1 fully saturated rings. The Morgan fingerprint density at radius 3 is 2.67 bits per heavy atom. The summed E-state index contributed by atoms with van der Waals surface area (Å²) < 4.78 is 12.1. The molecule has 0 aromatic heterocycles. The summed E-state index contributed by atoms with van der Waals surface area (Å²) in [4.78, 5) is 0. The summed E-state index contributed by atoms with van der Waals surface area (Å²) in [7, 11) is 0. The van der Waals surface area contributed by atoms with Crippen LogP contribution in [0.1, 0.15) is 43.2 Å². The molecule has 1 aliphatic carbocycles. The number of hydrogen-bond donors (Lipinski definition) is 1. The first-order valence-electron chi connectivity index (χ1n) is 6.50. The fourth-order valence-electron chi connectivity index (χ4n) is 3.00. The number of nitrogens with two attached hydrogens (primary N) is 1. The summed E-state index contributed by atoms with van der Waals surface area (Å²) >= 11 is 3.69. The minimum absolute atomic E-state index is 0.219. The van der Waals surface area contributed by atoms with Crippen molar-refractivity contribution in [3.8, 4) is 11.5 Å². The van der Waals surface area contributed by atoms with Gasteiger partial charge in [0.15, 0.2) is 11.5 Å². The molecule has 0 unspecified atom stereocenters. The maximum Gasteiger partial charge on any atom is 0.231 e. The Morgan fingerprint density at radius 2 is 1.94 bits per heavy atom. The van der Waals surface area contributed by atoms with Crippen LogP contribution >= 0.6 is 15.9 Å². The predicted octanol–water partition coefficient (Wildman–Crippen LogP) is 3.60. The van der Waals surface area contributed by atoms with Gasteiger partial charge >= 0.3 is 0 Å². The number of ether oxygens (including phenoxy) is 2. The maximum atomic E-state index is 6.62. The largest absolute Gasteiger partial charge is 0.454 e. The molecule has 3 rings (SSSR count). The Morgan fingerprint density at radius 1 is 1.22 bits per heavy atom. The SMILES string of the molecule is Cc1c(Br)c(C2(N)CCCCC2)cc2c1OCO2. The van der Waals surface area contributed by atoms with E-state index in [-0.39, 0.29) is 5.54 Å². The number of hydrogen-bond acceptors (Lipinski definition) is 3. The van der Waals surface area contributed by atoms with Gasteiger partial charge in [-0.15, -0.1) is 0 Å². The lowest BCUT2D eigenvalue weighted by molar-refractivity contribution is 0.173. The Kier molecular flexibility index (Phi) is 3.02. The van der Waals surface area contributed by atoms with Gasteiger partial charge in [0.25, 0.3) is 0 Å². The highest BCUT2D eigenvalue weighted by atomic mass is 79.9. The van der Waals surface area contributed by atoms with E-state index in [4.69, 9.17) is 15.2 Å². The fourth-order valence-corrected chi connectivity index (χ4v) is 3.69. The van der Waals surface area contributed by atoms with Gasteiger partial charge in [0.1, 0.15) is 0 Å². The van der Waals surface area contributed by atoms with Gasteiger partial charge in [0, 0.05) is 15.6 Å². The van der Waals surface area contributed by atoms with Crippen molar-refractivity contribution >= 4 is 15.9 Å². The first-order chi connectivity index (χ1) is 8.62. The van der Waals surface area contributed by atoms with Crippen LogP contribution in [0.3, 0.4) is 0 Å². The number of benzene rings is 1. The van der Waals surface area contributed by atoms with Crippen molar-refractivity contribution < 1.29 is 9.47 Å². The van der Waals surface area contributed by atoms with Crippen molar-refractivity contribution in [1.29, 1.82) is 0 Å². The van der Waals surface area contributed by atoms with Gasteiger partial charge in [0.2, 0.25) is 6.79 Å². The van der Waals surface area contributed by atoms with Crippen LogP contribution in [-0.4, -0.2) is 6.79 Å². The molecule has 0 atom stereocenters. The molecule has 0 saturated heterocycles. The summed E-state index contributed by atoms with van der Waals surface area (Å²) in [5, 5.41) is 0. The van der Waals surface area contributed by atoms with E-state index in [2.05, 4.69) is 22.0 Å². The monoisotopic (exact) mass is 311 g/mol. The second-order valence-corrected chi connectivity index (χ2v) is 6.11. The molecule has 0 spiro atoms. The van der Waals surface area contributed by atoms with Gasteiger partial charge in [0.05, 0.1) is 0 Å². The molecule has 1 aromatic rings. The topological polar surface area (TPSA) is 44.5 Å². The van der Waals surface area contributed by atoms with Crippen molar-refractivity contribution in [2.24, 2.45) is 5.73 Å². The molecule has 2 aliphatic rings. The van der Waals surface area contributed by atoms with Crippen molar-refractivity contribution in [1.82, 2.24) is 0 Å². The third-order valence-electron chi connectivity index (χ3n) is 4.11. The number of rotatable bonds is 1. The maximum absolute atomic E-state index is 6.62. The van der Waals surface area contributed by atoms with Crippen molar-refractivity contribution in [3.05, 3.63) is 21.7 Å². The van der Waals surface area contributed by atoms with Gasteiger partial charge in [-0.25, -0.2) is 0 Å². The van der Waals surface area contributed by atoms with Gasteiger partial charge < -0.3 is 15.2 Å². The Balaban J connectivity index is 2.09. The minimum Gasteiger partial charge on any atom is -0.454 e. The Bertz CT molecular complexity index is 481. The zero-order valence-electron chi connectivity index (χ0n) is 10.6. The zero-order valence-corrected chi connectivity index (χ0v) is 12.2. The third kappa shape index (κ3) is 1.82. The third-order valence-corrected chi connectivity index (χ3v) is 5.13. The molecule has 4 heteroatoms. The molecule has 1 aliphatic heterocycles. The van der Waals surface area contributed by atoms with Crippen LogP contribution in [-0.2, 0) is 5.54 Å². The van der Waals surface area contributed by atoms with Crippen LogP contribution < -0.4 is 15.2 Å². The molecule has 98 valence electrons. The molecule has 2 N–H and O–H groups in total. The average molecular weight is 312 g/mol. The molecule has 0 bridgehead atoms. The van der Waals surface area contributed by atoms with Crippen molar-refractivity contribution in [2.75, 3.05) is 6.79 Å². The minimum atomic E-state index is -0.219. The Hall–Kier alpha value is -0.740. The lowest BCUT2D eigenvalue weighted by atomic mass is 9.77. The molecule has 1 heterocycles. The second kappa shape index (κ2) is 4.42. The van der Waals surface area contributed by atoms with E-state index in [1.165, 1.54) is 24.8 Å². The molecule has 1 aromatic carbocycles. The van der Waals surface area contributed by atoms with E-state index in [1.54, 1.807) is 0 Å². The van der Waals surface area contributed by atoms with E-state index < -0.39 is 0 Å². The van der Waals surface area contributed by atoms with E-state index in [1.807, 2.05) is 6.92 Å². The molecule has 18 heavy (non-hydrogen) atoms. The first kappa shape index (κ1) is 12.3. The highest BCUT2D eigenvalue weighted by Crippen LogP contribution is 2.47. The van der Waals surface area contributed by atoms with E-state index >= 15 is 0 Å². The van der Waals surface area contributed by atoms with E-state index in [0.717, 1.165) is 34.4 Å². The van der Waals surface area contributed by atoms with E-state index in [9.17, 15) is 0 Å². The van der Waals surface area contributed by atoms with Gasteiger partial charge in [-0.1, -0.05) is 35.2 Å². The smallest absolute Gasteiger partial charge is 0.231 e. The predicted molar refractivity (Wildman–Crippen MR) is 74.0 cm³/mol. The first-order valence-corrected chi connectivity index (χ1v) is 7.29. The second-order valence-electron chi connectivity index (χ2n) is 5.31. The highest BCUT2D eigenvalue weighted by Gasteiger charge is 2.34. The zero-order chi connectivity index (χ0) is 12.8. The lowest BCUT2D eigenvalue weighted by Crippen LogP contribution is -2.39.